The Bertz CT molecular complexity index is 405. The van der Waals surface area contributed by atoms with E-state index in [1.807, 2.05) is 6.07 Å². The van der Waals surface area contributed by atoms with Crippen LogP contribution in [0.4, 0.5) is 0 Å². The average Bonchev–Trinajstić information content (AvgIpc) is 2.65. The Hall–Kier alpha value is -1.31. The number of oxazole rings is 1. The quantitative estimate of drug-likeness (QED) is 0.687. The van der Waals surface area contributed by atoms with Gasteiger partial charge in [-0.05, 0) is 30.5 Å². The van der Waals surface area contributed by atoms with Crippen LogP contribution in [0.2, 0.25) is 0 Å². The van der Waals surface area contributed by atoms with Gasteiger partial charge in [-0.2, -0.15) is 0 Å². The lowest BCUT2D eigenvalue weighted by Gasteiger charge is -1.99. The van der Waals surface area contributed by atoms with Crippen molar-refractivity contribution in [1.29, 1.82) is 0 Å². The van der Waals surface area contributed by atoms with Crippen LogP contribution in [0.15, 0.2) is 29.0 Å². The molecule has 0 fully saturated rings. The van der Waals surface area contributed by atoms with Crippen LogP contribution in [-0.2, 0) is 6.42 Å². The number of nitrogens with zero attached hydrogens (tertiary/aromatic N) is 1. The zero-order chi connectivity index (χ0) is 9.80. The predicted molar refractivity (Wildman–Crippen MR) is 57.2 cm³/mol. The molecule has 2 aromatic rings. The third-order valence-electron chi connectivity index (χ3n) is 2.46. The fraction of sp³-hybridized carbons (Fsp3) is 0.417. The topological polar surface area (TPSA) is 26.0 Å². The van der Waals surface area contributed by atoms with E-state index in [9.17, 15) is 0 Å². The molecule has 0 unspecified atom stereocenters. The molecule has 2 heteroatoms. The van der Waals surface area contributed by atoms with E-state index in [0.717, 1.165) is 17.5 Å². The van der Waals surface area contributed by atoms with E-state index >= 15 is 0 Å². The second-order valence-corrected chi connectivity index (χ2v) is 3.61. The lowest BCUT2D eigenvalue weighted by Crippen LogP contribution is -1.84. The van der Waals surface area contributed by atoms with Crippen LogP contribution in [0, 0.1) is 0 Å². The number of hydrogen-bond donors (Lipinski definition) is 0. The summed E-state index contributed by atoms with van der Waals surface area (Å²) in [7, 11) is 0. The van der Waals surface area contributed by atoms with E-state index in [1.165, 1.54) is 31.2 Å². The van der Waals surface area contributed by atoms with Crippen molar-refractivity contribution in [3.63, 3.8) is 0 Å². The molecule has 1 aromatic carbocycles. The second-order valence-electron chi connectivity index (χ2n) is 3.61. The van der Waals surface area contributed by atoms with E-state index < -0.39 is 0 Å². The molecule has 0 radical (unpaired) electrons. The Labute approximate surface area is 84.0 Å². The minimum Gasteiger partial charge on any atom is -0.443 e. The Kier molecular flexibility index (Phi) is 2.82. The molecule has 0 aliphatic rings. The number of unbranched alkanes of at least 4 members (excludes halogenated alkanes) is 2. The van der Waals surface area contributed by atoms with Gasteiger partial charge in [0.25, 0.3) is 0 Å². The van der Waals surface area contributed by atoms with Gasteiger partial charge >= 0.3 is 0 Å². The van der Waals surface area contributed by atoms with E-state index in [4.69, 9.17) is 4.42 Å². The van der Waals surface area contributed by atoms with Gasteiger partial charge in [0.05, 0.1) is 0 Å². The van der Waals surface area contributed by atoms with Crippen molar-refractivity contribution in [2.45, 2.75) is 32.6 Å². The Morgan fingerprint density at radius 2 is 2.21 bits per heavy atom. The van der Waals surface area contributed by atoms with Crippen LogP contribution in [0.1, 0.15) is 31.7 Å². The Morgan fingerprint density at radius 1 is 1.29 bits per heavy atom. The van der Waals surface area contributed by atoms with Crippen molar-refractivity contribution in [2.75, 3.05) is 0 Å². The lowest BCUT2D eigenvalue weighted by atomic mass is 10.1. The minimum absolute atomic E-state index is 0.902. The summed E-state index contributed by atoms with van der Waals surface area (Å²) in [4.78, 5) is 4.09. The summed E-state index contributed by atoms with van der Waals surface area (Å²) >= 11 is 0. The zero-order valence-electron chi connectivity index (χ0n) is 8.49. The fourth-order valence-electron chi connectivity index (χ4n) is 1.63. The maximum atomic E-state index is 5.25. The van der Waals surface area contributed by atoms with Crippen LogP contribution in [-0.4, -0.2) is 4.98 Å². The van der Waals surface area contributed by atoms with Crippen LogP contribution in [0.3, 0.4) is 0 Å². The first-order valence-corrected chi connectivity index (χ1v) is 5.22. The molecule has 0 spiro atoms. The van der Waals surface area contributed by atoms with Crippen molar-refractivity contribution < 1.29 is 4.42 Å². The standard InChI is InChI=1S/C12H15NO/c1-2-3-4-5-10-6-7-11-12(8-10)14-9-13-11/h6-9H,2-5H2,1H3. The molecule has 0 N–H and O–H groups in total. The number of hydrogen-bond acceptors (Lipinski definition) is 2. The molecular formula is C12H15NO. The van der Waals surface area contributed by atoms with Gasteiger partial charge in [0.2, 0.25) is 0 Å². The van der Waals surface area contributed by atoms with Crippen molar-refractivity contribution in [3.8, 4) is 0 Å². The molecule has 2 nitrogen and oxygen atoms in total. The third-order valence-corrected chi connectivity index (χ3v) is 2.46. The molecule has 0 saturated heterocycles. The maximum Gasteiger partial charge on any atom is 0.181 e. The number of benzene rings is 1. The normalized spacial score (nSPS) is 10.9. The van der Waals surface area contributed by atoms with Crippen LogP contribution in [0.25, 0.3) is 11.1 Å². The SMILES string of the molecule is CCCCCc1ccc2ncoc2c1. The van der Waals surface area contributed by atoms with Gasteiger partial charge in [0, 0.05) is 0 Å². The highest BCUT2D eigenvalue weighted by atomic mass is 16.3. The molecule has 0 saturated carbocycles. The minimum atomic E-state index is 0.902. The van der Waals surface area contributed by atoms with Gasteiger partial charge in [-0.1, -0.05) is 25.8 Å². The molecule has 74 valence electrons. The Balaban J connectivity index is 2.10. The third kappa shape index (κ3) is 1.95. The maximum absolute atomic E-state index is 5.25. The summed E-state index contributed by atoms with van der Waals surface area (Å²) in [5, 5.41) is 0. The molecule has 0 atom stereocenters. The first kappa shape index (κ1) is 9.25. The van der Waals surface area contributed by atoms with Crippen LogP contribution in [0.5, 0.6) is 0 Å². The monoisotopic (exact) mass is 189 g/mol. The van der Waals surface area contributed by atoms with Gasteiger partial charge < -0.3 is 4.42 Å². The molecule has 0 aliphatic heterocycles. The average molecular weight is 189 g/mol. The van der Waals surface area contributed by atoms with E-state index in [1.54, 1.807) is 0 Å². The van der Waals surface area contributed by atoms with Crippen LogP contribution >= 0.6 is 0 Å². The van der Waals surface area contributed by atoms with Crippen molar-refractivity contribution >= 4 is 11.1 Å². The van der Waals surface area contributed by atoms with E-state index in [0.29, 0.717) is 0 Å². The highest BCUT2D eigenvalue weighted by Gasteiger charge is 1.99. The molecule has 0 aliphatic carbocycles. The zero-order valence-corrected chi connectivity index (χ0v) is 8.49. The summed E-state index contributed by atoms with van der Waals surface area (Å²) in [5.41, 5.74) is 3.20. The van der Waals surface area contributed by atoms with Gasteiger partial charge in [-0.3, -0.25) is 0 Å². The first-order chi connectivity index (χ1) is 6.90. The van der Waals surface area contributed by atoms with Gasteiger partial charge in [0.15, 0.2) is 12.0 Å². The fourth-order valence-corrected chi connectivity index (χ4v) is 1.63. The molecule has 1 aromatic heterocycles. The summed E-state index contributed by atoms with van der Waals surface area (Å²) < 4.78 is 5.25. The van der Waals surface area contributed by atoms with Gasteiger partial charge in [-0.25, -0.2) is 4.98 Å². The first-order valence-electron chi connectivity index (χ1n) is 5.22. The summed E-state index contributed by atoms with van der Waals surface area (Å²) in [6, 6.07) is 6.26. The molecule has 2 rings (SSSR count). The van der Waals surface area contributed by atoms with Gasteiger partial charge in [0.1, 0.15) is 5.52 Å². The molecule has 0 amide bonds. The second kappa shape index (κ2) is 4.27. The smallest absolute Gasteiger partial charge is 0.181 e. The molecule has 1 heterocycles. The molecule has 14 heavy (non-hydrogen) atoms. The largest absolute Gasteiger partial charge is 0.443 e. The summed E-state index contributed by atoms with van der Waals surface area (Å²) in [6.07, 6.45) is 6.47. The Morgan fingerprint density at radius 3 is 3.07 bits per heavy atom. The number of fused-ring (bicyclic) bond motifs is 1. The van der Waals surface area contributed by atoms with Gasteiger partial charge in [-0.15, -0.1) is 0 Å². The van der Waals surface area contributed by atoms with Crippen LogP contribution < -0.4 is 0 Å². The number of aryl methyl sites for hydroxylation is 1. The van der Waals surface area contributed by atoms with E-state index in [2.05, 4.69) is 24.0 Å². The molecular weight excluding hydrogens is 174 g/mol. The summed E-state index contributed by atoms with van der Waals surface area (Å²) in [5.74, 6) is 0. The molecule has 0 bridgehead atoms. The van der Waals surface area contributed by atoms with Crippen molar-refractivity contribution in [3.05, 3.63) is 30.2 Å². The number of aromatic nitrogens is 1. The van der Waals surface area contributed by atoms with Crippen molar-refractivity contribution in [1.82, 2.24) is 4.98 Å². The van der Waals surface area contributed by atoms with E-state index in [-0.39, 0.29) is 0 Å². The highest BCUT2D eigenvalue weighted by Crippen LogP contribution is 2.15. The summed E-state index contributed by atoms with van der Waals surface area (Å²) in [6.45, 7) is 2.22. The highest BCUT2D eigenvalue weighted by molar-refractivity contribution is 5.72. The number of rotatable bonds is 4. The van der Waals surface area contributed by atoms with Crippen molar-refractivity contribution in [2.24, 2.45) is 0 Å². The lowest BCUT2D eigenvalue weighted by molar-refractivity contribution is 0.601. The predicted octanol–water partition coefficient (Wildman–Crippen LogP) is 3.56.